The van der Waals surface area contributed by atoms with Crippen LogP contribution in [0.1, 0.15) is 24.4 Å². The highest BCUT2D eigenvalue weighted by molar-refractivity contribution is 5.83. The lowest BCUT2D eigenvalue weighted by molar-refractivity contribution is 0.181. The number of rotatable bonds is 6. The van der Waals surface area contributed by atoms with E-state index >= 15 is 0 Å². The normalized spacial score (nSPS) is 14.7. The molecule has 1 fully saturated rings. The number of hydrogen-bond donors (Lipinski definition) is 1. The van der Waals surface area contributed by atoms with Crippen molar-refractivity contribution < 1.29 is 0 Å². The number of nitrogens with one attached hydrogen (secondary N) is 1. The summed E-state index contributed by atoms with van der Waals surface area (Å²) in [6, 6.07) is 30.4. The zero-order chi connectivity index (χ0) is 26.0. The van der Waals surface area contributed by atoms with Gasteiger partial charge in [0.1, 0.15) is 5.69 Å². The van der Waals surface area contributed by atoms with Crippen LogP contribution in [0, 0.1) is 0 Å². The maximum Gasteiger partial charge on any atom is 0.114 e. The Morgan fingerprint density at radius 2 is 1.56 bits per heavy atom. The molecule has 7 nitrogen and oxygen atoms in total. The zero-order valence-electron chi connectivity index (χ0n) is 21.6. The number of imidazole rings is 1. The second kappa shape index (κ2) is 10.3. The van der Waals surface area contributed by atoms with Crippen LogP contribution in [-0.2, 0) is 6.54 Å². The molecule has 4 heterocycles. The Labute approximate surface area is 227 Å². The average molecular weight is 512 g/mol. The number of fused-ring (bicyclic) bond motifs is 1. The third-order valence-electron chi connectivity index (χ3n) is 7.75. The Morgan fingerprint density at radius 3 is 2.36 bits per heavy atom. The lowest BCUT2D eigenvalue weighted by Gasteiger charge is -2.33. The number of hydrogen-bond acceptors (Lipinski definition) is 5. The van der Waals surface area contributed by atoms with Gasteiger partial charge in [0.2, 0.25) is 0 Å². The summed E-state index contributed by atoms with van der Waals surface area (Å²) in [5, 5.41) is 10.9. The summed E-state index contributed by atoms with van der Waals surface area (Å²) in [4.78, 5) is 12.0. The smallest absolute Gasteiger partial charge is 0.114 e. The Bertz CT molecular complexity index is 1680. The summed E-state index contributed by atoms with van der Waals surface area (Å²) in [5.41, 5.74) is 9.65. The minimum Gasteiger partial charge on any atom is -0.327 e. The van der Waals surface area contributed by atoms with Crippen molar-refractivity contribution in [2.24, 2.45) is 0 Å². The van der Waals surface area contributed by atoms with E-state index < -0.39 is 0 Å². The molecule has 1 aliphatic heterocycles. The largest absolute Gasteiger partial charge is 0.327 e. The van der Waals surface area contributed by atoms with Gasteiger partial charge in [-0.15, -0.1) is 0 Å². The molecule has 1 N–H and O–H groups in total. The Kier molecular flexibility index (Phi) is 6.19. The van der Waals surface area contributed by atoms with Gasteiger partial charge in [-0.1, -0.05) is 66.7 Å². The molecule has 0 saturated carbocycles. The number of H-pyrrole nitrogens is 1. The van der Waals surface area contributed by atoms with Crippen molar-refractivity contribution >= 4 is 11.0 Å². The number of para-hydroxylation sites is 2. The van der Waals surface area contributed by atoms with Crippen molar-refractivity contribution in [1.82, 2.24) is 34.8 Å². The van der Waals surface area contributed by atoms with Crippen LogP contribution in [0.15, 0.2) is 104 Å². The van der Waals surface area contributed by atoms with Crippen molar-refractivity contribution in [3.63, 3.8) is 0 Å². The van der Waals surface area contributed by atoms with Crippen LogP contribution in [0.4, 0.5) is 0 Å². The van der Waals surface area contributed by atoms with Gasteiger partial charge >= 0.3 is 0 Å². The monoisotopic (exact) mass is 511 g/mol. The third-order valence-corrected chi connectivity index (χ3v) is 7.75. The fourth-order valence-corrected chi connectivity index (χ4v) is 5.66. The summed E-state index contributed by atoms with van der Waals surface area (Å²) in [6.07, 6.45) is 7.89. The molecule has 1 saturated heterocycles. The van der Waals surface area contributed by atoms with E-state index in [0.717, 1.165) is 71.6 Å². The predicted octanol–water partition coefficient (Wildman–Crippen LogP) is 6.39. The lowest BCUT2D eigenvalue weighted by Crippen LogP contribution is -2.34. The number of aromatic nitrogens is 6. The zero-order valence-corrected chi connectivity index (χ0v) is 21.6. The van der Waals surface area contributed by atoms with Crippen LogP contribution >= 0.6 is 0 Å². The van der Waals surface area contributed by atoms with E-state index in [0.29, 0.717) is 6.04 Å². The quantitative estimate of drug-likeness (QED) is 0.281. The van der Waals surface area contributed by atoms with Crippen LogP contribution in [0.25, 0.3) is 44.7 Å². The molecule has 7 heteroatoms. The molecule has 0 atom stereocenters. The molecular weight excluding hydrogens is 482 g/mol. The molecule has 6 aromatic rings. The van der Waals surface area contributed by atoms with Crippen LogP contribution in [0.3, 0.4) is 0 Å². The minimum absolute atomic E-state index is 0.513. The molecule has 1 aliphatic rings. The molecule has 0 bridgehead atoms. The highest BCUT2D eigenvalue weighted by Gasteiger charge is 2.22. The summed E-state index contributed by atoms with van der Waals surface area (Å²) >= 11 is 0. The van der Waals surface area contributed by atoms with Gasteiger partial charge in [0.05, 0.1) is 29.3 Å². The van der Waals surface area contributed by atoms with E-state index in [1.165, 1.54) is 11.1 Å². The molecular formula is C32H29N7. The van der Waals surface area contributed by atoms with Crippen LogP contribution in [-0.4, -0.2) is 47.9 Å². The van der Waals surface area contributed by atoms with Gasteiger partial charge in [0.25, 0.3) is 0 Å². The van der Waals surface area contributed by atoms with E-state index in [2.05, 4.69) is 109 Å². The number of likely N-dealkylation sites (tertiary alicyclic amines) is 1. The number of aromatic amines is 1. The highest BCUT2D eigenvalue weighted by Crippen LogP contribution is 2.34. The van der Waals surface area contributed by atoms with Gasteiger partial charge in [-0.05, 0) is 42.2 Å². The fourth-order valence-electron chi connectivity index (χ4n) is 5.66. The summed E-state index contributed by atoms with van der Waals surface area (Å²) in [5.74, 6) is 0. The van der Waals surface area contributed by atoms with E-state index in [4.69, 9.17) is 4.98 Å². The first kappa shape index (κ1) is 23.5. The predicted molar refractivity (Wildman–Crippen MR) is 154 cm³/mol. The van der Waals surface area contributed by atoms with Crippen molar-refractivity contribution in [2.75, 3.05) is 13.1 Å². The van der Waals surface area contributed by atoms with E-state index in [-0.39, 0.29) is 0 Å². The molecule has 192 valence electrons. The molecule has 39 heavy (non-hydrogen) atoms. The number of benzene rings is 3. The Balaban J connectivity index is 1.07. The van der Waals surface area contributed by atoms with Crippen molar-refractivity contribution in [1.29, 1.82) is 0 Å². The number of piperidine rings is 1. The van der Waals surface area contributed by atoms with Crippen LogP contribution in [0.2, 0.25) is 0 Å². The van der Waals surface area contributed by atoms with Gasteiger partial charge in [0.15, 0.2) is 0 Å². The molecule has 0 spiro atoms. The molecule has 7 rings (SSSR count). The molecule has 0 aliphatic carbocycles. The first-order valence-electron chi connectivity index (χ1n) is 13.5. The van der Waals surface area contributed by atoms with Gasteiger partial charge in [-0.25, -0.2) is 4.98 Å². The lowest BCUT2D eigenvalue weighted by atomic mass is 9.96. The maximum atomic E-state index is 4.88. The van der Waals surface area contributed by atoms with E-state index in [9.17, 15) is 0 Å². The molecule has 0 unspecified atom stereocenters. The summed E-state index contributed by atoms with van der Waals surface area (Å²) in [7, 11) is 0. The first-order chi connectivity index (χ1) is 19.3. The molecule has 0 radical (unpaired) electrons. The molecule has 0 amide bonds. The SMILES string of the molecule is c1ccc(-c2cc(-c3cn[nH]n3)cnc2-c2ccc(CN3CCC(n4cnc5ccccc54)CC3)cc2)cc1. The van der Waals surface area contributed by atoms with Gasteiger partial charge in [-0.3, -0.25) is 9.88 Å². The topological polar surface area (TPSA) is 75.5 Å². The van der Waals surface area contributed by atoms with E-state index in [1.54, 1.807) is 6.20 Å². The average Bonchev–Trinajstić information content (AvgIpc) is 3.69. The van der Waals surface area contributed by atoms with E-state index in [1.807, 2.05) is 18.6 Å². The standard InChI is InChI=1S/C32H29N7/c1-2-6-24(7-3-1)28-18-26(30-20-35-37-36-30)19-33-32(28)25-12-10-23(11-13-25)21-38-16-14-27(15-17-38)39-22-34-29-8-4-5-9-31(29)39/h1-13,18-20,22,27H,14-17,21H2,(H,35,36,37). The summed E-state index contributed by atoms with van der Waals surface area (Å²) < 4.78 is 2.37. The van der Waals surface area contributed by atoms with Crippen molar-refractivity contribution in [3.8, 4) is 33.6 Å². The Morgan fingerprint density at radius 1 is 0.769 bits per heavy atom. The molecule has 3 aromatic heterocycles. The third kappa shape index (κ3) is 4.73. The second-order valence-corrected chi connectivity index (χ2v) is 10.2. The summed E-state index contributed by atoms with van der Waals surface area (Å²) in [6.45, 7) is 3.13. The van der Waals surface area contributed by atoms with Gasteiger partial charge in [0, 0.05) is 48.6 Å². The van der Waals surface area contributed by atoms with Gasteiger partial charge in [-0.2, -0.15) is 15.4 Å². The minimum atomic E-state index is 0.513. The van der Waals surface area contributed by atoms with Crippen molar-refractivity contribution in [2.45, 2.75) is 25.4 Å². The fraction of sp³-hybridized carbons (Fsp3) is 0.188. The number of pyridine rings is 1. The van der Waals surface area contributed by atoms with Crippen molar-refractivity contribution in [3.05, 3.63) is 109 Å². The Hall–Kier alpha value is -4.62. The van der Waals surface area contributed by atoms with Gasteiger partial charge < -0.3 is 4.57 Å². The second-order valence-electron chi connectivity index (χ2n) is 10.2. The van der Waals surface area contributed by atoms with Crippen LogP contribution < -0.4 is 0 Å². The number of nitrogens with zero attached hydrogens (tertiary/aromatic N) is 6. The first-order valence-corrected chi connectivity index (χ1v) is 13.5. The molecule has 3 aromatic carbocycles. The van der Waals surface area contributed by atoms with Crippen LogP contribution in [0.5, 0.6) is 0 Å². The highest BCUT2D eigenvalue weighted by atomic mass is 15.3. The maximum absolute atomic E-state index is 4.88.